The normalized spacial score (nSPS) is 17.3. The van der Waals surface area contributed by atoms with Crippen molar-refractivity contribution in [3.05, 3.63) is 23.8 Å². The van der Waals surface area contributed by atoms with Crippen LogP contribution in [-0.2, 0) is 0 Å². The standard InChI is InChI=1S/C11H10F3N3/c12-11(13,14)10(3-4-10)17-9-2-1-7(6-15)5-8(9)16/h1-2,5,17H,3-4,16H2. The molecule has 2 rings (SSSR count). The fourth-order valence-corrected chi connectivity index (χ4v) is 1.61. The smallest absolute Gasteiger partial charge is 0.397 e. The maximum Gasteiger partial charge on any atom is 0.411 e. The second-order valence-corrected chi connectivity index (χ2v) is 4.12. The number of nitrogens with zero attached hydrogens (tertiary/aromatic N) is 1. The van der Waals surface area contributed by atoms with Crippen molar-refractivity contribution in [2.24, 2.45) is 0 Å². The van der Waals surface area contributed by atoms with Gasteiger partial charge in [-0.05, 0) is 31.0 Å². The van der Waals surface area contributed by atoms with E-state index < -0.39 is 11.7 Å². The van der Waals surface area contributed by atoms with Crippen molar-refractivity contribution >= 4 is 11.4 Å². The molecule has 3 N–H and O–H groups in total. The number of nitrogens with one attached hydrogen (secondary N) is 1. The monoisotopic (exact) mass is 241 g/mol. The molecule has 1 aliphatic carbocycles. The van der Waals surface area contributed by atoms with Gasteiger partial charge in [0.05, 0.1) is 23.0 Å². The summed E-state index contributed by atoms with van der Waals surface area (Å²) in [4.78, 5) is 0. The number of anilines is 2. The zero-order valence-corrected chi connectivity index (χ0v) is 8.80. The van der Waals surface area contributed by atoms with E-state index in [0.29, 0.717) is 5.56 Å². The van der Waals surface area contributed by atoms with Crippen molar-refractivity contribution in [1.82, 2.24) is 0 Å². The molecule has 6 heteroatoms. The van der Waals surface area contributed by atoms with Gasteiger partial charge < -0.3 is 11.1 Å². The molecule has 0 aliphatic heterocycles. The molecule has 0 heterocycles. The van der Waals surface area contributed by atoms with Crippen molar-refractivity contribution < 1.29 is 13.2 Å². The molecule has 0 radical (unpaired) electrons. The van der Waals surface area contributed by atoms with Gasteiger partial charge in [0.25, 0.3) is 0 Å². The Kier molecular flexibility index (Phi) is 2.42. The van der Waals surface area contributed by atoms with Gasteiger partial charge in [0, 0.05) is 0 Å². The van der Waals surface area contributed by atoms with Crippen LogP contribution in [0.2, 0.25) is 0 Å². The highest BCUT2D eigenvalue weighted by Gasteiger charge is 2.63. The van der Waals surface area contributed by atoms with Crippen LogP contribution in [-0.4, -0.2) is 11.7 Å². The van der Waals surface area contributed by atoms with E-state index in [4.69, 9.17) is 11.0 Å². The van der Waals surface area contributed by atoms with Crippen molar-refractivity contribution in [1.29, 1.82) is 5.26 Å². The number of alkyl halides is 3. The number of hydrogen-bond donors (Lipinski definition) is 2. The van der Waals surface area contributed by atoms with E-state index in [9.17, 15) is 13.2 Å². The Bertz CT molecular complexity index is 484. The number of benzene rings is 1. The highest BCUT2D eigenvalue weighted by atomic mass is 19.4. The van der Waals surface area contributed by atoms with Crippen LogP contribution in [0.4, 0.5) is 24.5 Å². The molecule has 0 spiro atoms. The van der Waals surface area contributed by atoms with Gasteiger partial charge in [-0.2, -0.15) is 18.4 Å². The van der Waals surface area contributed by atoms with Gasteiger partial charge in [0.2, 0.25) is 0 Å². The largest absolute Gasteiger partial charge is 0.411 e. The van der Waals surface area contributed by atoms with E-state index >= 15 is 0 Å². The maximum atomic E-state index is 12.7. The molecule has 0 saturated heterocycles. The lowest BCUT2D eigenvalue weighted by Gasteiger charge is -2.22. The second-order valence-electron chi connectivity index (χ2n) is 4.12. The van der Waals surface area contributed by atoms with Gasteiger partial charge in [-0.25, -0.2) is 0 Å². The summed E-state index contributed by atoms with van der Waals surface area (Å²) < 4.78 is 38.1. The molecule has 17 heavy (non-hydrogen) atoms. The molecular formula is C11H10F3N3. The summed E-state index contributed by atoms with van der Waals surface area (Å²) in [6.07, 6.45) is -4.18. The summed E-state index contributed by atoms with van der Waals surface area (Å²) in [5.41, 5.74) is 4.45. The Morgan fingerprint density at radius 3 is 2.41 bits per heavy atom. The summed E-state index contributed by atoms with van der Waals surface area (Å²) in [5, 5.41) is 11.1. The minimum Gasteiger partial charge on any atom is -0.397 e. The van der Waals surface area contributed by atoms with Crippen LogP contribution in [0.15, 0.2) is 18.2 Å². The fraction of sp³-hybridized carbons (Fsp3) is 0.364. The molecule has 0 bridgehead atoms. The quantitative estimate of drug-likeness (QED) is 0.782. The zero-order chi connectivity index (χ0) is 12.7. The number of nitrogens with two attached hydrogens (primary N) is 1. The molecule has 1 aromatic carbocycles. The predicted molar refractivity (Wildman–Crippen MR) is 57.2 cm³/mol. The van der Waals surface area contributed by atoms with Crippen LogP contribution in [0.3, 0.4) is 0 Å². The van der Waals surface area contributed by atoms with Gasteiger partial charge in [-0.3, -0.25) is 0 Å². The van der Waals surface area contributed by atoms with E-state index in [0.717, 1.165) is 0 Å². The number of rotatable bonds is 2. The summed E-state index contributed by atoms with van der Waals surface area (Å²) in [5.74, 6) is 0. The first-order valence-corrected chi connectivity index (χ1v) is 5.02. The van der Waals surface area contributed by atoms with Gasteiger partial charge in [0.1, 0.15) is 5.54 Å². The van der Waals surface area contributed by atoms with Crippen molar-refractivity contribution in [3.63, 3.8) is 0 Å². The summed E-state index contributed by atoms with van der Waals surface area (Å²) >= 11 is 0. The molecule has 1 aliphatic rings. The SMILES string of the molecule is N#Cc1ccc(NC2(C(F)(F)F)CC2)c(N)c1. The highest BCUT2D eigenvalue weighted by Crippen LogP contribution is 2.51. The van der Waals surface area contributed by atoms with Crippen LogP contribution in [0.1, 0.15) is 18.4 Å². The summed E-state index contributed by atoms with van der Waals surface area (Å²) in [7, 11) is 0. The van der Waals surface area contributed by atoms with Crippen LogP contribution >= 0.6 is 0 Å². The molecule has 0 atom stereocenters. The topological polar surface area (TPSA) is 61.8 Å². The number of nitrogen functional groups attached to an aromatic ring is 1. The molecular weight excluding hydrogens is 231 g/mol. The number of nitriles is 1. The second kappa shape index (κ2) is 3.55. The molecule has 90 valence electrons. The fourth-order valence-electron chi connectivity index (χ4n) is 1.61. The van der Waals surface area contributed by atoms with E-state index in [2.05, 4.69) is 5.32 Å². The minimum atomic E-state index is -4.28. The van der Waals surface area contributed by atoms with E-state index in [1.54, 1.807) is 0 Å². The number of halogens is 3. The summed E-state index contributed by atoms with van der Waals surface area (Å²) in [6, 6.07) is 6.07. The van der Waals surface area contributed by atoms with E-state index in [1.165, 1.54) is 18.2 Å². The first-order valence-electron chi connectivity index (χ1n) is 5.02. The predicted octanol–water partition coefficient (Wildman–Crippen LogP) is 2.65. The molecule has 0 aromatic heterocycles. The van der Waals surface area contributed by atoms with Crippen LogP contribution in [0.5, 0.6) is 0 Å². The molecule has 1 saturated carbocycles. The molecule has 1 aromatic rings. The molecule has 0 unspecified atom stereocenters. The highest BCUT2D eigenvalue weighted by molar-refractivity contribution is 5.69. The van der Waals surface area contributed by atoms with Crippen molar-refractivity contribution in [2.45, 2.75) is 24.6 Å². The maximum absolute atomic E-state index is 12.7. The Hall–Kier alpha value is -1.90. The average molecular weight is 241 g/mol. The average Bonchev–Trinajstić information content (AvgIpc) is 3.01. The lowest BCUT2D eigenvalue weighted by molar-refractivity contribution is -0.151. The third kappa shape index (κ3) is 2.00. The lowest BCUT2D eigenvalue weighted by atomic mass is 10.1. The van der Waals surface area contributed by atoms with Crippen molar-refractivity contribution in [2.75, 3.05) is 11.1 Å². The van der Waals surface area contributed by atoms with Gasteiger partial charge in [0.15, 0.2) is 0 Å². The molecule has 1 fully saturated rings. The Balaban J connectivity index is 2.24. The van der Waals surface area contributed by atoms with Gasteiger partial charge in [-0.15, -0.1) is 0 Å². The third-order valence-electron chi connectivity index (χ3n) is 2.85. The minimum absolute atomic E-state index is 0.0515. The Labute approximate surface area is 96.0 Å². The number of hydrogen-bond acceptors (Lipinski definition) is 3. The molecule has 0 amide bonds. The van der Waals surface area contributed by atoms with E-state index in [-0.39, 0.29) is 24.2 Å². The Morgan fingerprint density at radius 1 is 1.35 bits per heavy atom. The lowest BCUT2D eigenvalue weighted by Crippen LogP contribution is -2.38. The first-order chi connectivity index (χ1) is 7.88. The molecule has 3 nitrogen and oxygen atoms in total. The zero-order valence-electron chi connectivity index (χ0n) is 8.80. The summed E-state index contributed by atoms with van der Waals surface area (Å²) in [6.45, 7) is 0. The van der Waals surface area contributed by atoms with Crippen LogP contribution in [0, 0.1) is 11.3 Å². The van der Waals surface area contributed by atoms with E-state index in [1.807, 2.05) is 6.07 Å². The van der Waals surface area contributed by atoms with Gasteiger partial charge >= 0.3 is 6.18 Å². The first kappa shape index (κ1) is 11.6. The van der Waals surface area contributed by atoms with Crippen LogP contribution in [0.25, 0.3) is 0 Å². The Morgan fingerprint density at radius 2 is 2.00 bits per heavy atom. The van der Waals surface area contributed by atoms with Gasteiger partial charge in [-0.1, -0.05) is 0 Å². The van der Waals surface area contributed by atoms with Crippen LogP contribution < -0.4 is 11.1 Å². The van der Waals surface area contributed by atoms with Crippen molar-refractivity contribution in [3.8, 4) is 6.07 Å². The third-order valence-corrected chi connectivity index (χ3v) is 2.85.